The zero-order valence-electron chi connectivity index (χ0n) is 26.6. The summed E-state index contributed by atoms with van der Waals surface area (Å²) in [5.41, 5.74) is 3.47. The molecule has 2 aromatic carbocycles. The van der Waals surface area contributed by atoms with Crippen molar-refractivity contribution in [2.45, 2.75) is 76.4 Å². The van der Waals surface area contributed by atoms with Gasteiger partial charge in [-0.25, -0.2) is 17.5 Å². The second-order valence-electron chi connectivity index (χ2n) is 12.2. The molecule has 0 bridgehead atoms. The van der Waals surface area contributed by atoms with E-state index >= 15 is 0 Å². The molecule has 0 saturated carbocycles. The largest absolute Gasteiger partial charge is 0.465 e. The van der Waals surface area contributed by atoms with E-state index in [-0.39, 0.29) is 23.8 Å². The molecule has 1 aliphatic rings. The average molecular weight is 645 g/mol. The lowest BCUT2D eigenvalue weighted by Gasteiger charge is -2.25. The normalized spacial score (nSPS) is 15.7. The summed E-state index contributed by atoms with van der Waals surface area (Å²) in [4.78, 5) is 12.5. The molecule has 0 N–H and O–H groups in total. The van der Waals surface area contributed by atoms with Crippen molar-refractivity contribution >= 4 is 30.0 Å². The van der Waals surface area contributed by atoms with E-state index in [1.54, 1.807) is 56.3 Å². The first-order chi connectivity index (χ1) is 20.9. The molecule has 3 aromatic rings. The van der Waals surface area contributed by atoms with Gasteiger partial charge in [0, 0.05) is 32.4 Å². The van der Waals surface area contributed by atoms with Crippen molar-refractivity contribution in [2.75, 3.05) is 38.0 Å². The van der Waals surface area contributed by atoms with Gasteiger partial charge in [-0.3, -0.25) is 0 Å². The molecule has 0 radical (unpaired) electrons. The monoisotopic (exact) mass is 644 g/mol. The van der Waals surface area contributed by atoms with E-state index in [1.165, 1.54) is 7.11 Å². The SMILES string of the molecule is COC(=O)c1ccc(-c2ccccc2S(=O)(=O)N(COCC[Si](C)(C)C)c2onc(C)c2C)c(CCOC2CCCCO2)c1. The van der Waals surface area contributed by atoms with Crippen LogP contribution in [0.2, 0.25) is 25.7 Å². The molecule has 1 saturated heterocycles. The van der Waals surface area contributed by atoms with Crippen molar-refractivity contribution in [1.82, 2.24) is 5.16 Å². The van der Waals surface area contributed by atoms with Gasteiger partial charge in [-0.15, -0.1) is 0 Å². The molecule has 44 heavy (non-hydrogen) atoms. The maximum absolute atomic E-state index is 14.5. The number of esters is 1. The highest BCUT2D eigenvalue weighted by molar-refractivity contribution is 7.93. The van der Waals surface area contributed by atoms with Crippen molar-refractivity contribution in [3.05, 3.63) is 64.8 Å². The van der Waals surface area contributed by atoms with E-state index in [0.29, 0.717) is 54.2 Å². The third kappa shape index (κ3) is 8.36. The van der Waals surface area contributed by atoms with E-state index in [9.17, 15) is 13.2 Å². The van der Waals surface area contributed by atoms with Crippen LogP contribution in [0.15, 0.2) is 51.9 Å². The standard InChI is InChI=1S/C32H44N2O8SSi/c1-23-24(2)33-42-31(23)34(22-39-19-20-44(4,5)6)43(36,37)29-12-8-7-11-28(29)27-15-14-26(32(35)38-3)21-25(27)16-18-41-30-13-9-10-17-40-30/h7-8,11-12,14-15,21,30H,9-10,13,16-20,22H2,1-6H3. The van der Waals surface area contributed by atoms with Crippen molar-refractivity contribution in [3.8, 4) is 11.1 Å². The Morgan fingerprint density at radius 2 is 1.84 bits per heavy atom. The van der Waals surface area contributed by atoms with E-state index < -0.39 is 24.1 Å². The molecule has 4 rings (SSSR count). The summed E-state index contributed by atoms with van der Waals surface area (Å²) in [6.07, 6.45) is 3.04. The predicted octanol–water partition coefficient (Wildman–Crippen LogP) is 6.34. The molecule has 240 valence electrons. The molecule has 1 atom stereocenters. The Hall–Kier alpha value is -3.03. The molecule has 0 spiro atoms. The fourth-order valence-electron chi connectivity index (χ4n) is 4.88. The Labute approximate surface area is 261 Å². The van der Waals surface area contributed by atoms with Crippen LogP contribution in [0, 0.1) is 13.8 Å². The molecule has 2 heterocycles. The Morgan fingerprint density at radius 3 is 2.50 bits per heavy atom. The molecule has 0 aliphatic carbocycles. The number of ether oxygens (including phenoxy) is 4. The third-order valence-corrected chi connectivity index (χ3v) is 11.1. The van der Waals surface area contributed by atoms with Gasteiger partial charge >= 0.3 is 5.97 Å². The van der Waals surface area contributed by atoms with E-state index in [2.05, 4.69) is 24.8 Å². The van der Waals surface area contributed by atoms with Crippen LogP contribution in [-0.4, -0.2) is 67.6 Å². The second kappa shape index (κ2) is 14.8. The number of nitrogens with zero attached hydrogens (tertiary/aromatic N) is 2. The first-order valence-electron chi connectivity index (χ1n) is 15.0. The zero-order valence-corrected chi connectivity index (χ0v) is 28.4. The lowest BCUT2D eigenvalue weighted by molar-refractivity contribution is -0.161. The molecule has 1 unspecified atom stereocenters. The molecule has 1 fully saturated rings. The lowest BCUT2D eigenvalue weighted by atomic mass is 9.95. The Kier molecular flexibility index (Phi) is 11.4. The van der Waals surface area contributed by atoms with Crippen LogP contribution in [0.25, 0.3) is 11.1 Å². The minimum atomic E-state index is -4.20. The Morgan fingerprint density at radius 1 is 1.07 bits per heavy atom. The molecular formula is C32H44N2O8SSi. The summed E-state index contributed by atoms with van der Waals surface area (Å²) in [6.45, 7) is 11.5. The quantitative estimate of drug-likeness (QED) is 0.0858. The van der Waals surface area contributed by atoms with Gasteiger partial charge in [-0.1, -0.05) is 49.1 Å². The second-order valence-corrected chi connectivity index (χ2v) is 19.6. The summed E-state index contributed by atoms with van der Waals surface area (Å²) in [6, 6.07) is 12.8. The highest BCUT2D eigenvalue weighted by Gasteiger charge is 2.33. The number of carbonyl (C=O) groups is 1. The molecule has 12 heteroatoms. The number of aromatic nitrogens is 1. The van der Waals surface area contributed by atoms with Gasteiger partial charge in [0.15, 0.2) is 6.29 Å². The van der Waals surface area contributed by atoms with Crippen molar-refractivity contribution in [3.63, 3.8) is 0 Å². The Balaban J connectivity index is 1.72. The van der Waals surface area contributed by atoms with Crippen LogP contribution in [0.4, 0.5) is 5.88 Å². The highest BCUT2D eigenvalue weighted by atomic mass is 32.2. The highest BCUT2D eigenvalue weighted by Crippen LogP contribution is 2.36. The summed E-state index contributed by atoms with van der Waals surface area (Å²) in [7, 11) is -4.27. The number of hydrogen-bond donors (Lipinski definition) is 0. The van der Waals surface area contributed by atoms with Crippen LogP contribution in [0.1, 0.15) is 46.4 Å². The van der Waals surface area contributed by atoms with Gasteiger partial charge in [0.1, 0.15) is 6.73 Å². The van der Waals surface area contributed by atoms with Gasteiger partial charge in [-0.2, -0.15) is 0 Å². The van der Waals surface area contributed by atoms with Crippen LogP contribution < -0.4 is 4.31 Å². The summed E-state index contributed by atoms with van der Waals surface area (Å²) >= 11 is 0. The third-order valence-electron chi connectivity index (χ3n) is 7.65. The molecule has 1 aliphatic heterocycles. The van der Waals surface area contributed by atoms with E-state index in [0.717, 1.165) is 35.2 Å². The predicted molar refractivity (Wildman–Crippen MR) is 171 cm³/mol. The van der Waals surface area contributed by atoms with Crippen molar-refractivity contribution in [1.29, 1.82) is 0 Å². The number of aryl methyl sites for hydroxylation is 1. The first kappa shape index (κ1) is 33.9. The fourth-order valence-corrected chi connectivity index (χ4v) is 7.19. The number of methoxy groups -OCH3 is 1. The number of anilines is 1. The zero-order chi connectivity index (χ0) is 31.9. The van der Waals surface area contributed by atoms with Crippen molar-refractivity contribution in [2.24, 2.45) is 0 Å². The van der Waals surface area contributed by atoms with Gasteiger partial charge in [0.25, 0.3) is 10.0 Å². The molecule has 1 aromatic heterocycles. The minimum absolute atomic E-state index is 0.0749. The first-order valence-corrected chi connectivity index (χ1v) is 20.1. The summed E-state index contributed by atoms with van der Waals surface area (Å²) in [5, 5.41) is 4.02. The van der Waals surface area contributed by atoms with Gasteiger partial charge in [0.05, 0.1) is 29.9 Å². The number of sulfonamides is 1. The van der Waals surface area contributed by atoms with Gasteiger partial charge < -0.3 is 23.5 Å². The van der Waals surface area contributed by atoms with Crippen LogP contribution in [0.5, 0.6) is 0 Å². The lowest BCUT2D eigenvalue weighted by Crippen LogP contribution is -2.34. The number of rotatable bonds is 14. The molecule has 10 nitrogen and oxygen atoms in total. The van der Waals surface area contributed by atoms with E-state index in [1.807, 2.05) is 0 Å². The van der Waals surface area contributed by atoms with Crippen LogP contribution >= 0.6 is 0 Å². The summed E-state index contributed by atoms with van der Waals surface area (Å²) < 4.78 is 58.3. The topological polar surface area (TPSA) is 117 Å². The molecular weight excluding hydrogens is 601 g/mol. The van der Waals surface area contributed by atoms with Gasteiger partial charge in [0.2, 0.25) is 5.88 Å². The maximum Gasteiger partial charge on any atom is 0.337 e. The maximum atomic E-state index is 14.5. The molecule has 0 amide bonds. The number of carbonyl (C=O) groups excluding carboxylic acids is 1. The average Bonchev–Trinajstić information content (AvgIpc) is 3.33. The Bertz CT molecular complexity index is 1530. The minimum Gasteiger partial charge on any atom is -0.465 e. The smallest absolute Gasteiger partial charge is 0.337 e. The van der Waals surface area contributed by atoms with E-state index in [4.69, 9.17) is 23.5 Å². The summed E-state index contributed by atoms with van der Waals surface area (Å²) in [5.74, 6) is -0.361. The number of benzene rings is 2. The van der Waals surface area contributed by atoms with Crippen LogP contribution in [0.3, 0.4) is 0 Å². The van der Waals surface area contributed by atoms with Crippen LogP contribution in [-0.2, 0) is 35.4 Å². The fraction of sp³-hybridized carbons (Fsp3) is 0.500. The number of hydrogen-bond acceptors (Lipinski definition) is 9. The van der Waals surface area contributed by atoms with Crippen molar-refractivity contribution < 1.29 is 36.7 Å². The van der Waals surface area contributed by atoms with Gasteiger partial charge in [-0.05, 0) is 74.9 Å².